The summed E-state index contributed by atoms with van der Waals surface area (Å²) in [4.78, 5) is 0. The first-order valence-electron chi connectivity index (χ1n) is 10.9. The van der Waals surface area contributed by atoms with Crippen LogP contribution in [0, 0.1) is 6.92 Å². The largest absolute Gasteiger partial charge is 0.508 e. The topological polar surface area (TPSA) is 60.7 Å². The zero-order valence-electron chi connectivity index (χ0n) is 19.6. The molecule has 3 N–H and O–H groups in total. The molecule has 1 rings (SSSR count). The van der Waals surface area contributed by atoms with Crippen LogP contribution in [0.1, 0.15) is 77.8 Å². The third kappa shape index (κ3) is 10.5. The van der Waals surface area contributed by atoms with E-state index in [-0.39, 0.29) is 11.5 Å². The number of aromatic hydroxyl groups is 2. The molecule has 1 aromatic rings. The molecule has 1 aromatic carbocycles. The van der Waals surface area contributed by atoms with Crippen molar-refractivity contribution in [1.29, 1.82) is 0 Å². The van der Waals surface area contributed by atoms with Crippen LogP contribution >= 0.6 is 0 Å². The Balaban J connectivity index is 2.51. The van der Waals surface area contributed by atoms with Crippen LogP contribution in [0.25, 0.3) is 0 Å². The second-order valence-corrected chi connectivity index (χ2v) is 8.72. The number of phenolic OH excluding ortho intramolecular Hbond substituents is 2. The van der Waals surface area contributed by atoms with Gasteiger partial charge in [0, 0.05) is 5.56 Å². The smallest absolute Gasteiger partial charge is 0.122 e. The predicted octanol–water partition coefficient (Wildman–Crippen LogP) is 7.07. The second-order valence-electron chi connectivity index (χ2n) is 8.72. The van der Waals surface area contributed by atoms with Crippen molar-refractivity contribution in [2.75, 3.05) is 0 Å². The minimum Gasteiger partial charge on any atom is -0.508 e. The molecule has 3 heteroatoms. The van der Waals surface area contributed by atoms with E-state index in [1.165, 1.54) is 16.7 Å². The standard InChI is InChI=1S/C27H40O3/c1-19(2)9-7-10-20(3)11-8-12-21(4)15-25(28)16-22(5)13-14-24-18-26(29)17-23(6)27(24)30/h9,11,13,15,17-18,25,28-30H,7-8,10,12,14,16H2,1-6H3. The van der Waals surface area contributed by atoms with Crippen LogP contribution in [0.5, 0.6) is 11.5 Å². The van der Waals surface area contributed by atoms with Gasteiger partial charge in [-0.2, -0.15) is 0 Å². The van der Waals surface area contributed by atoms with Crippen molar-refractivity contribution in [3.05, 3.63) is 69.9 Å². The van der Waals surface area contributed by atoms with Crippen LogP contribution in [-0.2, 0) is 6.42 Å². The van der Waals surface area contributed by atoms with Crippen LogP contribution in [0.2, 0.25) is 0 Å². The number of rotatable bonds is 11. The van der Waals surface area contributed by atoms with Gasteiger partial charge < -0.3 is 15.3 Å². The molecule has 0 saturated carbocycles. The van der Waals surface area contributed by atoms with E-state index in [2.05, 4.69) is 39.8 Å². The number of benzene rings is 1. The summed E-state index contributed by atoms with van der Waals surface area (Å²) in [5.41, 5.74) is 6.40. The highest BCUT2D eigenvalue weighted by molar-refractivity contribution is 5.46. The molecule has 0 amide bonds. The predicted molar refractivity (Wildman–Crippen MR) is 128 cm³/mol. The third-order valence-electron chi connectivity index (χ3n) is 5.17. The van der Waals surface area contributed by atoms with E-state index in [0.717, 1.165) is 31.3 Å². The highest BCUT2D eigenvalue weighted by Crippen LogP contribution is 2.28. The van der Waals surface area contributed by atoms with Crippen LogP contribution in [0.4, 0.5) is 0 Å². The fourth-order valence-electron chi connectivity index (χ4n) is 3.39. The van der Waals surface area contributed by atoms with Gasteiger partial charge in [-0.15, -0.1) is 0 Å². The first-order valence-corrected chi connectivity index (χ1v) is 10.9. The minimum atomic E-state index is -0.511. The molecular weight excluding hydrogens is 372 g/mol. The van der Waals surface area contributed by atoms with Crippen LogP contribution in [-0.4, -0.2) is 21.4 Å². The molecule has 0 spiro atoms. The summed E-state index contributed by atoms with van der Waals surface area (Å²) in [5, 5.41) is 30.2. The Morgan fingerprint density at radius 3 is 2.17 bits per heavy atom. The van der Waals surface area contributed by atoms with Crippen molar-refractivity contribution < 1.29 is 15.3 Å². The first-order chi connectivity index (χ1) is 14.1. The molecule has 0 aliphatic rings. The molecule has 0 aromatic heterocycles. The number of hydrogen-bond acceptors (Lipinski definition) is 3. The fourth-order valence-corrected chi connectivity index (χ4v) is 3.39. The van der Waals surface area contributed by atoms with Crippen molar-refractivity contribution in [2.24, 2.45) is 0 Å². The summed E-state index contributed by atoms with van der Waals surface area (Å²) in [6.45, 7) is 12.3. The maximum atomic E-state index is 10.4. The Morgan fingerprint density at radius 2 is 1.50 bits per heavy atom. The molecular formula is C27H40O3. The van der Waals surface area contributed by atoms with E-state index in [9.17, 15) is 15.3 Å². The average Bonchev–Trinajstić information content (AvgIpc) is 2.62. The van der Waals surface area contributed by atoms with Gasteiger partial charge >= 0.3 is 0 Å². The van der Waals surface area contributed by atoms with Crippen molar-refractivity contribution in [2.45, 2.75) is 86.2 Å². The lowest BCUT2D eigenvalue weighted by Gasteiger charge is -2.10. The first kappa shape index (κ1) is 25.8. The summed E-state index contributed by atoms with van der Waals surface area (Å²) < 4.78 is 0. The normalized spacial score (nSPS) is 14.0. The highest BCUT2D eigenvalue weighted by atomic mass is 16.3. The van der Waals surface area contributed by atoms with E-state index < -0.39 is 6.10 Å². The van der Waals surface area contributed by atoms with Crippen LogP contribution < -0.4 is 0 Å². The van der Waals surface area contributed by atoms with Crippen LogP contribution in [0.15, 0.2) is 58.7 Å². The van der Waals surface area contributed by atoms with E-state index in [1.54, 1.807) is 19.1 Å². The Bertz CT molecular complexity index is 806. The molecule has 166 valence electrons. The summed E-state index contributed by atoms with van der Waals surface area (Å²) >= 11 is 0. The Kier molecular flexibility index (Phi) is 11.3. The van der Waals surface area contributed by atoms with Gasteiger partial charge in [0.05, 0.1) is 6.10 Å². The summed E-state index contributed by atoms with van der Waals surface area (Å²) in [7, 11) is 0. The van der Waals surface area contributed by atoms with Crippen molar-refractivity contribution in [1.82, 2.24) is 0 Å². The summed E-state index contributed by atoms with van der Waals surface area (Å²) in [6, 6.07) is 3.13. The summed E-state index contributed by atoms with van der Waals surface area (Å²) in [5.74, 6) is 0.378. The molecule has 0 aliphatic heterocycles. The Labute approximate surface area is 183 Å². The number of allylic oxidation sites excluding steroid dienone is 6. The van der Waals surface area contributed by atoms with Gasteiger partial charge in [0.15, 0.2) is 0 Å². The maximum absolute atomic E-state index is 10.4. The molecule has 3 nitrogen and oxygen atoms in total. The molecule has 0 aliphatic carbocycles. The van der Waals surface area contributed by atoms with Gasteiger partial charge in [0.2, 0.25) is 0 Å². The monoisotopic (exact) mass is 412 g/mol. The SMILES string of the molecule is CC(C)=CCCC(C)=CCCC(C)=CC(O)CC(C)=CCc1cc(O)cc(C)c1O. The zero-order chi connectivity index (χ0) is 22.7. The molecule has 30 heavy (non-hydrogen) atoms. The number of aliphatic hydroxyl groups excluding tert-OH is 1. The second kappa shape index (κ2) is 13.1. The van der Waals surface area contributed by atoms with E-state index in [1.807, 2.05) is 19.1 Å². The number of aliphatic hydroxyl groups is 1. The minimum absolute atomic E-state index is 0.158. The lowest BCUT2D eigenvalue weighted by Crippen LogP contribution is -2.04. The van der Waals surface area contributed by atoms with Gasteiger partial charge in [0.25, 0.3) is 0 Å². The average molecular weight is 413 g/mol. The Hall–Kier alpha value is -2.26. The molecule has 0 bridgehead atoms. The van der Waals surface area contributed by atoms with Crippen molar-refractivity contribution in [3.8, 4) is 11.5 Å². The molecule has 0 fully saturated rings. The molecule has 0 saturated heterocycles. The number of phenols is 2. The highest BCUT2D eigenvalue weighted by Gasteiger charge is 2.07. The van der Waals surface area contributed by atoms with Gasteiger partial charge in [-0.05, 0) is 97.8 Å². The molecule has 0 radical (unpaired) electrons. The maximum Gasteiger partial charge on any atom is 0.122 e. The van der Waals surface area contributed by atoms with Crippen molar-refractivity contribution in [3.63, 3.8) is 0 Å². The van der Waals surface area contributed by atoms with Gasteiger partial charge in [0.1, 0.15) is 11.5 Å². The Morgan fingerprint density at radius 1 is 0.867 bits per heavy atom. The van der Waals surface area contributed by atoms with Gasteiger partial charge in [-0.1, -0.05) is 46.6 Å². The van der Waals surface area contributed by atoms with Crippen molar-refractivity contribution >= 4 is 0 Å². The lowest BCUT2D eigenvalue weighted by atomic mass is 10.0. The van der Waals surface area contributed by atoms with E-state index in [4.69, 9.17) is 0 Å². The fraction of sp³-hybridized carbons (Fsp3) is 0.481. The lowest BCUT2D eigenvalue weighted by molar-refractivity contribution is 0.222. The van der Waals surface area contributed by atoms with Gasteiger partial charge in [-0.25, -0.2) is 0 Å². The van der Waals surface area contributed by atoms with E-state index >= 15 is 0 Å². The van der Waals surface area contributed by atoms with Crippen LogP contribution in [0.3, 0.4) is 0 Å². The third-order valence-corrected chi connectivity index (χ3v) is 5.17. The van der Waals surface area contributed by atoms with Gasteiger partial charge in [-0.3, -0.25) is 0 Å². The number of hydrogen-bond donors (Lipinski definition) is 3. The molecule has 0 heterocycles. The summed E-state index contributed by atoms with van der Waals surface area (Å²) in [6.07, 6.45) is 13.3. The number of aryl methyl sites for hydroxylation is 1. The molecule has 1 atom stereocenters. The quantitative estimate of drug-likeness (QED) is 0.269. The zero-order valence-corrected chi connectivity index (χ0v) is 19.6. The van der Waals surface area contributed by atoms with E-state index in [0.29, 0.717) is 24.0 Å². The molecule has 1 unspecified atom stereocenters.